The third-order valence-electron chi connectivity index (χ3n) is 9.73. The number of hydrogen-bond donors (Lipinski definition) is 1. The van der Waals surface area contributed by atoms with Crippen LogP contribution < -0.4 is 4.90 Å². The SMILES string of the molecule is CN1CC[C@@H]2c3cc(C4CCCN(C(=O)OCc5ccccc5)CCc5c4[nH]c4ccccc54)ccc3N(C)[C@@H]2C1. The van der Waals surface area contributed by atoms with Gasteiger partial charge in [0.25, 0.3) is 0 Å². The number of carbonyl (C=O) groups is 1. The van der Waals surface area contributed by atoms with Crippen LogP contribution in [0.15, 0.2) is 72.8 Å². The van der Waals surface area contributed by atoms with Crippen molar-refractivity contribution in [3.8, 4) is 0 Å². The molecule has 1 N–H and O–H groups in total. The summed E-state index contributed by atoms with van der Waals surface area (Å²) >= 11 is 0. The Labute approximate surface area is 242 Å². The largest absolute Gasteiger partial charge is 0.445 e. The van der Waals surface area contributed by atoms with Crippen molar-refractivity contribution in [2.24, 2.45) is 0 Å². The molecule has 7 rings (SSSR count). The highest BCUT2D eigenvalue weighted by molar-refractivity contribution is 5.85. The van der Waals surface area contributed by atoms with E-state index in [-0.39, 0.29) is 12.0 Å². The Hall–Kier alpha value is -3.77. The van der Waals surface area contributed by atoms with Crippen molar-refractivity contribution in [3.63, 3.8) is 0 Å². The molecule has 0 saturated carbocycles. The number of ether oxygens (including phenoxy) is 1. The summed E-state index contributed by atoms with van der Waals surface area (Å²) < 4.78 is 5.76. The maximum atomic E-state index is 13.2. The quantitative estimate of drug-likeness (QED) is 0.317. The molecule has 3 aromatic carbocycles. The van der Waals surface area contributed by atoms with Crippen LogP contribution in [-0.2, 0) is 17.8 Å². The molecule has 212 valence electrons. The van der Waals surface area contributed by atoms with E-state index in [2.05, 4.69) is 71.3 Å². The van der Waals surface area contributed by atoms with Crippen LogP contribution >= 0.6 is 0 Å². The third kappa shape index (κ3) is 4.88. The molecule has 3 aliphatic rings. The third-order valence-corrected chi connectivity index (χ3v) is 9.73. The molecule has 3 aliphatic heterocycles. The summed E-state index contributed by atoms with van der Waals surface area (Å²) in [5.41, 5.74) is 9.15. The number of benzene rings is 3. The predicted molar refractivity (Wildman–Crippen MR) is 165 cm³/mol. The Kier molecular flexibility index (Phi) is 6.95. The summed E-state index contributed by atoms with van der Waals surface area (Å²) in [6.45, 7) is 3.94. The molecule has 0 aliphatic carbocycles. The van der Waals surface area contributed by atoms with Gasteiger partial charge in [-0.2, -0.15) is 0 Å². The number of likely N-dealkylation sites (tertiary alicyclic amines) is 1. The molecular formula is C35H40N4O2. The average molecular weight is 549 g/mol. The summed E-state index contributed by atoms with van der Waals surface area (Å²) in [4.78, 5) is 23.9. The van der Waals surface area contributed by atoms with Crippen molar-refractivity contribution in [1.29, 1.82) is 0 Å². The highest BCUT2D eigenvalue weighted by Gasteiger charge is 2.40. The molecule has 0 radical (unpaired) electrons. The highest BCUT2D eigenvalue weighted by atomic mass is 16.6. The van der Waals surface area contributed by atoms with Gasteiger partial charge >= 0.3 is 6.09 Å². The van der Waals surface area contributed by atoms with E-state index in [9.17, 15) is 4.79 Å². The number of carbonyl (C=O) groups excluding carboxylic acids is 1. The number of nitrogens with zero attached hydrogens (tertiary/aromatic N) is 3. The number of para-hydroxylation sites is 1. The molecule has 4 heterocycles. The van der Waals surface area contributed by atoms with Crippen LogP contribution in [-0.4, -0.2) is 67.2 Å². The smallest absolute Gasteiger partial charge is 0.410 e. The number of hydrogen-bond acceptors (Lipinski definition) is 4. The predicted octanol–water partition coefficient (Wildman–Crippen LogP) is 6.51. The van der Waals surface area contributed by atoms with E-state index in [1.165, 1.54) is 45.4 Å². The summed E-state index contributed by atoms with van der Waals surface area (Å²) in [5.74, 6) is 0.859. The molecule has 1 saturated heterocycles. The number of piperidine rings is 1. The molecule has 1 fully saturated rings. The number of fused-ring (bicyclic) bond motifs is 6. The van der Waals surface area contributed by atoms with Gasteiger partial charge in [0.15, 0.2) is 0 Å². The van der Waals surface area contributed by atoms with Crippen molar-refractivity contribution in [1.82, 2.24) is 14.8 Å². The Balaban J connectivity index is 1.19. The molecule has 0 spiro atoms. The van der Waals surface area contributed by atoms with Gasteiger partial charge in [-0.15, -0.1) is 0 Å². The molecule has 0 bridgehead atoms. The number of anilines is 1. The van der Waals surface area contributed by atoms with Crippen molar-refractivity contribution in [2.45, 2.75) is 50.2 Å². The van der Waals surface area contributed by atoms with Crippen LogP contribution in [0.3, 0.4) is 0 Å². The van der Waals surface area contributed by atoms with Crippen LogP contribution in [0, 0.1) is 0 Å². The first-order valence-corrected chi connectivity index (χ1v) is 15.2. The van der Waals surface area contributed by atoms with Crippen LogP contribution in [0.1, 0.15) is 59.0 Å². The number of amides is 1. The van der Waals surface area contributed by atoms with E-state index in [1.54, 1.807) is 0 Å². The second-order valence-corrected chi connectivity index (χ2v) is 12.2. The van der Waals surface area contributed by atoms with Gasteiger partial charge in [-0.3, -0.25) is 0 Å². The normalized spacial score (nSPS) is 22.8. The lowest BCUT2D eigenvalue weighted by atomic mass is 9.83. The minimum Gasteiger partial charge on any atom is -0.445 e. The van der Waals surface area contributed by atoms with Gasteiger partial charge in [-0.1, -0.05) is 60.7 Å². The minimum atomic E-state index is -0.220. The van der Waals surface area contributed by atoms with E-state index in [4.69, 9.17) is 4.74 Å². The summed E-state index contributed by atoms with van der Waals surface area (Å²) in [7, 11) is 4.51. The molecule has 1 amide bonds. The molecular weight excluding hydrogens is 508 g/mol. The van der Waals surface area contributed by atoms with Gasteiger partial charge in [-0.25, -0.2) is 4.79 Å². The van der Waals surface area contributed by atoms with Gasteiger partial charge < -0.3 is 24.4 Å². The molecule has 6 nitrogen and oxygen atoms in total. The first-order valence-electron chi connectivity index (χ1n) is 15.2. The lowest BCUT2D eigenvalue weighted by Gasteiger charge is -2.36. The van der Waals surface area contributed by atoms with E-state index in [1.807, 2.05) is 35.2 Å². The summed E-state index contributed by atoms with van der Waals surface area (Å²) in [6.07, 6.45) is 3.70. The van der Waals surface area contributed by atoms with Crippen LogP contribution in [0.4, 0.5) is 10.5 Å². The van der Waals surface area contributed by atoms with Crippen molar-refractivity contribution in [3.05, 3.63) is 101 Å². The van der Waals surface area contributed by atoms with Gasteiger partial charge in [0.05, 0.1) is 0 Å². The monoisotopic (exact) mass is 548 g/mol. The maximum Gasteiger partial charge on any atom is 0.410 e. The maximum absolute atomic E-state index is 13.2. The number of aromatic amines is 1. The first kappa shape index (κ1) is 26.1. The Morgan fingerprint density at radius 2 is 1.78 bits per heavy atom. The Morgan fingerprint density at radius 3 is 2.66 bits per heavy atom. The standard InChI is InChI=1S/C35H40N4O2/c1-37-19-16-28-30-21-25(14-15-32(30)38(2)33(28)22-37)26-12-8-18-39(35(40)41-23-24-9-4-3-5-10-24)20-17-29-27-11-6-7-13-31(27)36-34(26)29/h3-7,9-11,13-15,21,26,28,33,36H,8,12,16-20,22-23H2,1-2H3/t26?,28-,33-/m1/s1. The number of likely N-dealkylation sites (N-methyl/N-ethyl adjacent to an activating group) is 2. The fraction of sp³-hybridized carbons (Fsp3) is 0.400. The topological polar surface area (TPSA) is 51.8 Å². The van der Waals surface area contributed by atoms with Crippen LogP contribution in [0.2, 0.25) is 0 Å². The minimum absolute atomic E-state index is 0.220. The number of rotatable bonds is 3. The first-order chi connectivity index (χ1) is 20.1. The van der Waals surface area contributed by atoms with Crippen molar-refractivity contribution < 1.29 is 9.53 Å². The number of nitrogens with one attached hydrogen (secondary N) is 1. The Bertz CT molecular complexity index is 1550. The summed E-state index contributed by atoms with van der Waals surface area (Å²) in [5, 5.41) is 1.27. The molecule has 4 aromatic rings. The van der Waals surface area contributed by atoms with E-state index < -0.39 is 0 Å². The van der Waals surface area contributed by atoms with E-state index in [0.717, 1.165) is 37.9 Å². The molecule has 6 heteroatoms. The number of H-pyrrole nitrogens is 1. The zero-order chi connectivity index (χ0) is 27.9. The van der Waals surface area contributed by atoms with E-state index in [0.29, 0.717) is 31.7 Å². The fourth-order valence-corrected chi connectivity index (χ4v) is 7.53. The fourth-order valence-electron chi connectivity index (χ4n) is 7.53. The number of aromatic nitrogens is 1. The van der Waals surface area contributed by atoms with E-state index >= 15 is 0 Å². The van der Waals surface area contributed by atoms with Crippen LogP contribution in [0.5, 0.6) is 0 Å². The second-order valence-electron chi connectivity index (χ2n) is 12.2. The summed E-state index contributed by atoms with van der Waals surface area (Å²) in [6, 6.07) is 26.4. The van der Waals surface area contributed by atoms with Crippen molar-refractivity contribution in [2.75, 3.05) is 45.2 Å². The average Bonchev–Trinajstić information content (AvgIpc) is 3.52. The zero-order valence-corrected chi connectivity index (χ0v) is 24.2. The molecule has 3 atom stereocenters. The molecule has 1 aromatic heterocycles. The van der Waals surface area contributed by atoms with Gasteiger partial charge in [-0.05, 0) is 73.7 Å². The lowest BCUT2D eigenvalue weighted by Crippen LogP contribution is -2.45. The van der Waals surface area contributed by atoms with Gasteiger partial charge in [0.1, 0.15) is 6.61 Å². The zero-order valence-electron chi connectivity index (χ0n) is 24.2. The molecule has 41 heavy (non-hydrogen) atoms. The lowest BCUT2D eigenvalue weighted by molar-refractivity contribution is 0.0960. The Morgan fingerprint density at radius 1 is 0.951 bits per heavy atom. The second kappa shape index (κ2) is 10.9. The molecule has 1 unspecified atom stereocenters. The van der Waals surface area contributed by atoms with Gasteiger partial charge in [0, 0.05) is 66.8 Å². The van der Waals surface area contributed by atoms with Crippen molar-refractivity contribution >= 4 is 22.7 Å². The van der Waals surface area contributed by atoms with Crippen LogP contribution in [0.25, 0.3) is 10.9 Å². The van der Waals surface area contributed by atoms with Gasteiger partial charge in [0.2, 0.25) is 0 Å². The highest BCUT2D eigenvalue weighted by Crippen LogP contribution is 2.46.